The number of benzene rings is 1. The molecule has 0 heterocycles. The summed E-state index contributed by atoms with van der Waals surface area (Å²) in [5.41, 5.74) is -2.36. The number of hydrogen-bond donors (Lipinski definition) is 1. The quantitative estimate of drug-likeness (QED) is 0.654. The molecule has 0 amide bonds. The minimum absolute atomic E-state index is 0.285. The van der Waals surface area contributed by atoms with Crippen LogP contribution in [0.1, 0.15) is 11.1 Å². The van der Waals surface area contributed by atoms with Crippen molar-refractivity contribution in [1.29, 1.82) is 5.26 Å². The highest BCUT2D eigenvalue weighted by molar-refractivity contribution is 6.33. The largest absolute Gasteiger partial charge is 0.466 e. The van der Waals surface area contributed by atoms with Gasteiger partial charge in [0.1, 0.15) is 11.8 Å². The molecule has 0 spiro atoms. The fourth-order valence-electron chi connectivity index (χ4n) is 1.55. The summed E-state index contributed by atoms with van der Waals surface area (Å²) in [6.45, 7) is 0. The molecule has 1 N–H and O–H groups in total. The summed E-state index contributed by atoms with van der Waals surface area (Å²) >= 11 is 5.77. The molecular weight excluding hydrogens is 353 g/mol. The highest BCUT2D eigenvalue weighted by Gasteiger charge is 2.32. The molecule has 0 aliphatic carbocycles. The van der Waals surface area contributed by atoms with Gasteiger partial charge in [0.05, 0.1) is 42.1 Å². The molecule has 6 nitrogen and oxygen atoms in total. The lowest BCUT2D eigenvalue weighted by Crippen LogP contribution is -2.17. The predicted molar refractivity (Wildman–Crippen MR) is 76.9 cm³/mol. The van der Waals surface area contributed by atoms with Gasteiger partial charge >= 0.3 is 18.1 Å². The molecule has 1 rings (SSSR count). The molecule has 1 aromatic carbocycles. The number of nitrogens with one attached hydrogen (secondary N) is 1. The highest BCUT2D eigenvalue weighted by atomic mass is 35.5. The topological polar surface area (TPSA) is 88.4 Å². The van der Waals surface area contributed by atoms with E-state index in [4.69, 9.17) is 16.9 Å². The zero-order valence-corrected chi connectivity index (χ0v) is 13.1. The van der Waals surface area contributed by atoms with E-state index < -0.39 is 40.0 Å². The fraction of sp³-hybridized carbons (Fsp3) is 0.214. The van der Waals surface area contributed by atoms with Crippen LogP contribution in [0.15, 0.2) is 23.9 Å². The summed E-state index contributed by atoms with van der Waals surface area (Å²) in [4.78, 5) is 22.9. The van der Waals surface area contributed by atoms with Gasteiger partial charge in [-0.15, -0.1) is 0 Å². The number of ether oxygens (including phenoxy) is 2. The van der Waals surface area contributed by atoms with Crippen molar-refractivity contribution in [2.45, 2.75) is 6.18 Å². The van der Waals surface area contributed by atoms with E-state index in [0.29, 0.717) is 18.2 Å². The van der Waals surface area contributed by atoms with E-state index in [2.05, 4.69) is 14.8 Å². The number of rotatable bonds is 4. The summed E-state index contributed by atoms with van der Waals surface area (Å²) in [7, 11) is 2.08. The zero-order chi connectivity index (χ0) is 18.5. The summed E-state index contributed by atoms with van der Waals surface area (Å²) in [5.74, 6) is -1.94. The molecule has 0 bridgehead atoms. The second-order valence-corrected chi connectivity index (χ2v) is 4.60. The summed E-state index contributed by atoms with van der Waals surface area (Å²) in [6.07, 6.45) is -4.00. The van der Waals surface area contributed by atoms with Crippen LogP contribution >= 0.6 is 11.6 Å². The number of alkyl halides is 3. The van der Waals surface area contributed by atoms with Gasteiger partial charge in [0, 0.05) is 0 Å². The second-order valence-electron chi connectivity index (χ2n) is 4.19. The first-order valence-electron chi connectivity index (χ1n) is 6.09. The number of nitrogens with zero attached hydrogens (tertiary/aromatic N) is 1. The Morgan fingerprint density at radius 2 is 1.92 bits per heavy atom. The van der Waals surface area contributed by atoms with Gasteiger partial charge in [-0.3, -0.25) is 0 Å². The first-order valence-corrected chi connectivity index (χ1v) is 6.47. The van der Waals surface area contributed by atoms with Crippen LogP contribution < -0.4 is 5.32 Å². The maximum absolute atomic E-state index is 12.7. The Morgan fingerprint density at radius 1 is 1.29 bits per heavy atom. The van der Waals surface area contributed by atoms with Crippen LogP contribution in [-0.2, 0) is 25.2 Å². The Morgan fingerprint density at radius 3 is 2.38 bits per heavy atom. The maximum Gasteiger partial charge on any atom is 0.416 e. The molecule has 10 heteroatoms. The number of nitriles is 1. The monoisotopic (exact) mass is 362 g/mol. The third-order valence-corrected chi connectivity index (χ3v) is 2.96. The average Bonchev–Trinajstić information content (AvgIpc) is 2.53. The fourth-order valence-corrected chi connectivity index (χ4v) is 1.82. The van der Waals surface area contributed by atoms with Gasteiger partial charge < -0.3 is 14.8 Å². The molecule has 0 fully saturated rings. The van der Waals surface area contributed by atoms with E-state index >= 15 is 0 Å². The van der Waals surface area contributed by atoms with Crippen molar-refractivity contribution in [2.24, 2.45) is 0 Å². The Hall–Kier alpha value is -2.73. The minimum atomic E-state index is -4.71. The van der Waals surface area contributed by atoms with E-state index in [1.165, 1.54) is 6.07 Å². The lowest BCUT2D eigenvalue weighted by molar-refractivity contribution is -0.138. The molecule has 0 aliphatic heterocycles. The normalized spacial score (nSPS) is 11.5. The molecule has 0 saturated heterocycles. The molecule has 0 aliphatic rings. The first kappa shape index (κ1) is 19.3. The molecule has 0 saturated carbocycles. The van der Waals surface area contributed by atoms with Crippen LogP contribution in [-0.4, -0.2) is 26.2 Å². The molecule has 24 heavy (non-hydrogen) atoms. The smallest absolute Gasteiger partial charge is 0.416 e. The van der Waals surface area contributed by atoms with E-state index in [-0.39, 0.29) is 5.69 Å². The van der Waals surface area contributed by atoms with Crippen molar-refractivity contribution in [3.63, 3.8) is 0 Å². The van der Waals surface area contributed by atoms with Gasteiger partial charge in [-0.05, 0) is 12.1 Å². The summed E-state index contributed by atoms with van der Waals surface area (Å²) in [6, 6.07) is 2.67. The van der Waals surface area contributed by atoms with Crippen molar-refractivity contribution in [3.8, 4) is 6.07 Å². The van der Waals surface area contributed by atoms with Crippen molar-refractivity contribution < 1.29 is 32.2 Å². The van der Waals surface area contributed by atoms with Crippen molar-refractivity contribution in [2.75, 3.05) is 19.5 Å². The van der Waals surface area contributed by atoms with E-state index in [1.54, 1.807) is 0 Å². The van der Waals surface area contributed by atoms with Gasteiger partial charge in [-0.2, -0.15) is 18.4 Å². The van der Waals surface area contributed by atoms with Crippen molar-refractivity contribution >= 4 is 29.2 Å². The van der Waals surface area contributed by atoms with Crippen molar-refractivity contribution in [3.05, 3.63) is 40.1 Å². The molecule has 0 aromatic heterocycles. The molecule has 128 valence electrons. The Bertz CT molecular complexity index is 739. The number of halogens is 4. The van der Waals surface area contributed by atoms with E-state index in [0.717, 1.165) is 14.2 Å². The van der Waals surface area contributed by atoms with Gasteiger partial charge in [-0.1, -0.05) is 11.6 Å². The standard InChI is InChI=1S/C14H10ClF3N2O4/c1-23-11(21)5-10(13(22)24-2)20-12-7(6-19)3-8(4-9(12)15)14(16,17)18/h3-5,20H,1-2H3/b10-5+. The van der Waals surface area contributed by atoms with Gasteiger partial charge in [0.15, 0.2) is 0 Å². The Labute approximate surface area is 139 Å². The molecule has 0 radical (unpaired) electrons. The molecule has 0 unspecified atom stereocenters. The van der Waals surface area contributed by atoms with E-state index in [9.17, 15) is 22.8 Å². The Kier molecular flexibility index (Phi) is 6.20. The lowest BCUT2D eigenvalue weighted by Gasteiger charge is -2.14. The SMILES string of the molecule is COC(=O)/C=C(/Nc1c(Cl)cc(C(F)(F)F)cc1C#N)C(=O)OC. The number of methoxy groups -OCH3 is 2. The summed E-state index contributed by atoms with van der Waals surface area (Å²) in [5, 5.41) is 10.9. The lowest BCUT2D eigenvalue weighted by atomic mass is 10.1. The van der Waals surface area contributed by atoms with Gasteiger partial charge in [-0.25, -0.2) is 9.59 Å². The number of anilines is 1. The Balaban J connectivity index is 3.40. The van der Waals surface area contributed by atoms with Crippen LogP contribution in [0.3, 0.4) is 0 Å². The highest BCUT2D eigenvalue weighted by Crippen LogP contribution is 2.36. The third-order valence-electron chi connectivity index (χ3n) is 2.67. The van der Waals surface area contributed by atoms with Crippen LogP contribution in [0.5, 0.6) is 0 Å². The minimum Gasteiger partial charge on any atom is -0.466 e. The number of carbonyl (C=O) groups excluding carboxylic acids is 2. The van der Waals surface area contributed by atoms with Gasteiger partial charge in [0.25, 0.3) is 0 Å². The maximum atomic E-state index is 12.7. The van der Waals surface area contributed by atoms with Crippen LogP contribution in [0, 0.1) is 11.3 Å². The third kappa shape index (κ3) is 4.63. The first-order chi connectivity index (χ1) is 11.1. The zero-order valence-electron chi connectivity index (χ0n) is 12.3. The molecule has 1 aromatic rings. The summed E-state index contributed by atoms with van der Waals surface area (Å²) < 4.78 is 47.0. The number of carbonyl (C=O) groups is 2. The molecule has 0 atom stereocenters. The number of hydrogen-bond acceptors (Lipinski definition) is 6. The van der Waals surface area contributed by atoms with Gasteiger partial charge in [0.2, 0.25) is 0 Å². The number of esters is 2. The second kappa shape index (κ2) is 7.70. The predicted octanol–water partition coefficient (Wildman–Crippen LogP) is 2.87. The molecular formula is C14H10ClF3N2O4. The van der Waals surface area contributed by atoms with Crippen LogP contribution in [0.2, 0.25) is 5.02 Å². The average molecular weight is 363 g/mol. The van der Waals surface area contributed by atoms with Crippen LogP contribution in [0.4, 0.5) is 18.9 Å². The van der Waals surface area contributed by atoms with Crippen molar-refractivity contribution in [1.82, 2.24) is 0 Å². The van der Waals surface area contributed by atoms with E-state index in [1.807, 2.05) is 0 Å². The van der Waals surface area contributed by atoms with Crippen LogP contribution in [0.25, 0.3) is 0 Å².